The van der Waals surface area contributed by atoms with Gasteiger partial charge in [0.15, 0.2) is 0 Å². The lowest BCUT2D eigenvalue weighted by Crippen LogP contribution is -2.30. The van der Waals surface area contributed by atoms with E-state index in [0.29, 0.717) is 6.04 Å². The van der Waals surface area contributed by atoms with Gasteiger partial charge in [0.05, 0.1) is 6.61 Å². The van der Waals surface area contributed by atoms with Crippen molar-refractivity contribution in [2.45, 2.75) is 64.8 Å². The molecule has 1 aliphatic rings. The first-order valence-electron chi connectivity index (χ1n) is 7.14. The Morgan fingerprint density at radius 1 is 1.25 bits per heavy atom. The van der Waals surface area contributed by atoms with E-state index in [1.807, 2.05) is 6.92 Å². The molecular formula is C14H29NO. The first-order chi connectivity index (χ1) is 7.83. The standard InChI is InChI=1S/C14H29NO/c1-3-16-12-11-15-13(2)9-10-14-7-5-4-6-8-14/h13-15H,3-12H2,1-2H3. The molecular weight excluding hydrogens is 198 g/mol. The largest absolute Gasteiger partial charge is 0.380 e. The van der Waals surface area contributed by atoms with Gasteiger partial charge in [-0.2, -0.15) is 0 Å². The minimum Gasteiger partial charge on any atom is -0.380 e. The Hall–Kier alpha value is -0.0800. The van der Waals surface area contributed by atoms with Crippen LogP contribution >= 0.6 is 0 Å². The lowest BCUT2D eigenvalue weighted by atomic mass is 9.85. The molecule has 96 valence electrons. The molecule has 1 fully saturated rings. The Bertz CT molecular complexity index is 155. The fraction of sp³-hybridized carbons (Fsp3) is 1.00. The van der Waals surface area contributed by atoms with Gasteiger partial charge < -0.3 is 10.1 Å². The van der Waals surface area contributed by atoms with Gasteiger partial charge in [-0.15, -0.1) is 0 Å². The van der Waals surface area contributed by atoms with Crippen LogP contribution in [0, 0.1) is 5.92 Å². The SMILES string of the molecule is CCOCCNC(C)CCC1CCCCC1. The smallest absolute Gasteiger partial charge is 0.0590 e. The highest BCUT2D eigenvalue weighted by Gasteiger charge is 2.14. The van der Waals surface area contributed by atoms with Gasteiger partial charge in [-0.3, -0.25) is 0 Å². The molecule has 1 unspecified atom stereocenters. The van der Waals surface area contributed by atoms with E-state index in [-0.39, 0.29) is 0 Å². The molecule has 0 aromatic heterocycles. The van der Waals surface area contributed by atoms with Gasteiger partial charge in [0.1, 0.15) is 0 Å². The fourth-order valence-corrected chi connectivity index (χ4v) is 2.59. The van der Waals surface area contributed by atoms with Crippen molar-refractivity contribution in [1.82, 2.24) is 5.32 Å². The number of nitrogens with one attached hydrogen (secondary N) is 1. The second-order valence-corrected chi connectivity index (χ2v) is 5.13. The molecule has 0 spiro atoms. The highest BCUT2D eigenvalue weighted by molar-refractivity contribution is 4.69. The maximum Gasteiger partial charge on any atom is 0.0590 e. The molecule has 1 saturated carbocycles. The van der Waals surface area contributed by atoms with E-state index in [0.717, 1.165) is 25.7 Å². The summed E-state index contributed by atoms with van der Waals surface area (Å²) in [6, 6.07) is 0.655. The molecule has 1 aliphatic carbocycles. The van der Waals surface area contributed by atoms with E-state index < -0.39 is 0 Å². The van der Waals surface area contributed by atoms with Crippen molar-refractivity contribution in [2.24, 2.45) is 5.92 Å². The van der Waals surface area contributed by atoms with E-state index in [9.17, 15) is 0 Å². The maximum absolute atomic E-state index is 5.32. The van der Waals surface area contributed by atoms with Crippen LogP contribution in [-0.2, 0) is 4.74 Å². The highest BCUT2D eigenvalue weighted by atomic mass is 16.5. The zero-order valence-electron chi connectivity index (χ0n) is 11.1. The first-order valence-corrected chi connectivity index (χ1v) is 7.14. The summed E-state index contributed by atoms with van der Waals surface area (Å²) >= 11 is 0. The normalized spacial score (nSPS) is 19.9. The van der Waals surface area contributed by atoms with Crippen LogP contribution in [0.15, 0.2) is 0 Å². The minimum absolute atomic E-state index is 0.655. The molecule has 1 atom stereocenters. The zero-order valence-corrected chi connectivity index (χ0v) is 11.1. The van der Waals surface area contributed by atoms with Crippen LogP contribution in [0.4, 0.5) is 0 Å². The van der Waals surface area contributed by atoms with Crippen molar-refractivity contribution < 1.29 is 4.74 Å². The van der Waals surface area contributed by atoms with Crippen molar-refractivity contribution >= 4 is 0 Å². The predicted molar refractivity (Wildman–Crippen MR) is 69.8 cm³/mol. The van der Waals surface area contributed by atoms with Gasteiger partial charge in [0.2, 0.25) is 0 Å². The summed E-state index contributed by atoms with van der Waals surface area (Å²) < 4.78 is 5.32. The summed E-state index contributed by atoms with van der Waals surface area (Å²) in [5.74, 6) is 1.02. The highest BCUT2D eigenvalue weighted by Crippen LogP contribution is 2.27. The topological polar surface area (TPSA) is 21.3 Å². The zero-order chi connectivity index (χ0) is 11.6. The average Bonchev–Trinajstić information content (AvgIpc) is 2.33. The minimum atomic E-state index is 0.655. The summed E-state index contributed by atoms with van der Waals surface area (Å²) in [6.07, 6.45) is 10.1. The molecule has 2 heteroatoms. The molecule has 0 aromatic carbocycles. The van der Waals surface area contributed by atoms with Crippen molar-refractivity contribution in [1.29, 1.82) is 0 Å². The van der Waals surface area contributed by atoms with Gasteiger partial charge >= 0.3 is 0 Å². The molecule has 0 aliphatic heterocycles. The summed E-state index contributed by atoms with van der Waals surface area (Å²) in [7, 11) is 0. The van der Waals surface area contributed by atoms with Crippen LogP contribution < -0.4 is 5.32 Å². The molecule has 16 heavy (non-hydrogen) atoms. The van der Waals surface area contributed by atoms with Crippen molar-refractivity contribution in [3.8, 4) is 0 Å². The molecule has 0 radical (unpaired) electrons. The number of hydrogen-bond acceptors (Lipinski definition) is 2. The third-order valence-electron chi connectivity index (χ3n) is 3.68. The first kappa shape index (κ1) is 14.0. The number of ether oxygens (including phenoxy) is 1. The second-order valence-electron chi connectivity index (χ2n) is 5.13. The summed E-state index contributed by atoms with van der Waals surface area (Å²) in [6.45, 7) is 7.03. The van der Waals surface area contributed by atoms with Crippen LogP contribution in [0.3, 0.4) is 0 Å². The Morgan fingerprint density at radius 2 is 2.00 bits per heavy atom. The molecule has 2 nitrogen and oxygen atoms in total. The molecule has 0 bridgehead atoms. The van der Waals surface area contributed by atoms with Crippen LogP contribution in [0.2, 0.25) is 0 Å². The van der Waals surface area contributed by atoms with E-state index in [1.165, 1.54) is 44.9 Å². The Morgan fingerprint density at radius 3 is 2.69 bits per heavy atom. The lowest BCUT2D eigenvalue weighted by molar-refractivity contribution is 0.146. The van der Waals surface area contributed by atoms with Gasteiger partial charge in [-0.1, -0.05) is 32.1 Å². The van der Waals surface area contributed by atoms with Crippen molar-refractivity contribution in [3.63, 3.8) is 0 Å². The Labute approximate surface area is 101 Å². The maximum atomic E-state index is 5.32. The molecule has 1 N–H and O–H groups in total. The summed E-state index contributed by atoms with van der Waals surface area (Å²) in [5, 5.41) is 3.53. The summed E-state index contributed by atoms with van der Waals surface area (Å²) in [4.78, 5) is 0. The van der Waals surface area contributed by atoms with Crippen molar-refractivity contribution in [3.05, 3.63) is 0 Å². The number of rotatable bonds is 8. The van der Waals surface area contributed by atoms with Crippen LogP contribution in [-0.4, -0.2) is 25.8 Å². The molecule has 0 heterocycles. The molecule has 0 saturated heterocycles. The van der Waals surface area contributed by atoms with E-state index >= 15 is 0 Å². The van der Waals surface area contributed by atoms with Gasteiger partial charge in [0, 0.05) is 19.2 Å². The number of hydrogen-bond donors (Lipinski definition) is 1. The van der Waals surface area contributed by atoms with Gasteiger partial charge in [0.25, 0.3) is 0 Å². The van der Waals surface area contributed by atoms with Crippen LogP contribution in [0.1, 0.15) is 58.8 Å². The van der Waals surface area contributed by atoms with Crippen LogP contribution in [0.25, 0.3) is 0 Å². The van der Waals surface area contributed by atoms with Gasteiger partial charge in [-0.05, 0) is 32.6 Å². The Balaban J connectivity index is 1.94. The predicted octanol–water partition coefficient (Wildman–Crippen LogP) is 3.36. The Kier molecular flexibility index (Phi) is 7.87. The van der Waals surface area contributed by atoms with Crippen LogP contribution in [0.5, 0.6) is 0 Å². The third kappa shape index (κ3) is 6.49. The van der Waals surface area contributed by atoms with Crippen molar-refractivity contribution in [2.75, 3.05) is 19.8 Å². The fourth-order valence-electron chi connectivity index (χ4n) is 2.59. The average molecular weight is 227 g/mol. The molecule has 1 rings (SSSR count). The molecule has 0 amide bonds. The van der Waals surface area contributed by atoms with E-state index in [4.69, 9.17) is 4.74 Å². The monoisotopic (exact) mass is 227 g/mol. The van der Waals surface area contributed by atoms with Gasteiger partial charge in [-0.25, -0.2) is 0 Å². The summed E-state index contributed by atoms with van der Waals surface area (Å²) in [5.41, 5.74) is 0. The lowest BCUT2D eigenvalue weighted by Gasteiger charge is -2.23. The second kappa shape index (κ2) is 9.00. The molecule has 0 aromatic rings. The quantitative estimate of drug-likeness (QED) is 0.642. The third-order valence-corrected chi connectivity index (χ3v) is 3.68. The van der Waals surface area contributed by atoms with E-state index in [1.54, 1.807) is 0 Å². The van der Waals surface area contributed by atoms with E-state index in [2.05, 4.69) is 12.2 Å².